The number of methoxy groups -OCH3 is 1. The second kappa shape index (κ2) is 11.2. The molecule has 0 N–H and O–H groups in total. The van der Waals surface area contributed by atoms with Crippen molar-refractivity contribution in [1.29, 1.82) is 0 Å². The second-order valence-corrected chi connectivity index (χ2v) is 9.91. The van der Waals surface area contributed by atoms with E-state index in [4.69, 9.17) is 21.1 Å². The fraction of sp³-hybridized carbons (Fsp3) is 0.0800. The molecule has 3 aromatic rings. The fourth-order valence-electron chi connectivity index (χ4n) is 3.35. The van der Waals surface area contributed by atoms with E-state index < -0.39 is 22.0 Å². The Kier molecular flexibility index (Phi) is 7.96. The fourth-order valence-corrected chi connectivity index (χ4v) is 4.86. The Labute approximate surface area is 228 Å². The van der Waals surface area contributed by atoms with E-state index in [0.717, 1.165) is 16.7 Å². The van der Waals surface area contributed by atoms with E-state index in [0.29, 0.717) is 26.2 Å². The van der Waals surface area contributed by atoms with E-state index in [1.54, 1.807) is 24.3 Å². The number of esters is 1. The molecule has 1 heterocycles. The molecule has 0 aliphatic carbocycles. The number of rotatable bonds is 7. The van der Waals surface area contributed by atoms with Crippen molar-refractivity contribution in [2.75, 3.05) is 7.11 Å². The van der Waals surface area contributed by atoms with Gasteiger partial charge in [-0.3, -0.25) is 24.6 Å². The van der Waals surface area contributed by atoms with Crippen LogP contribution in [0.15, 0.2) is 70.0 Å². The molecule has 1 aliphatic rings. The molecule has 0 spiro atoms. The Bertz CT molecular complexity index is 1440. The number of hydrogen-bond acceptors (Lipinski definition) is 8. The molecule has 1 aliphatic heterocycles. The molecule has 9 nitrogen and oxygen atoms in total. The number of nitro groups is 1. The Hall–Kier alpha value is -3.67. The standard InChI is InChI=1S/C25H16BrClN2O7S/c1-35-20-11-15(10-19(26)22(20)36-24(31)16-4-6-17(27)7-5-16)12-21-23(30)28(25(32)37-21)13-14-2-8-18(9-3-14)29(33)34/h2-12H,13H2,1H3/b21-12-. The van der Waals surface area contributed by atoms with Gasteiger partial charge in [-0.05, 0) is 81.3 Å². The van der Waals surface area contributed by atoms with Crippen LogP contribution in [-0.2, 0) is 11.3 Å². The maximum absolute atomic E-state index is 12.9. The molecule has 0 atom stereocenters. The minimum Gasteiger partial charge on any atom is -0.493 e. The predicted molar refractivity (Wildman–Crippen MR) is 142 cm³/mol. The van der Waals surface area contributed by atoms with Crippen molar-refractivity contribution < 1.29 is 28.8 Å². The van der Waals surface area contributed by atoms with Crippen LogP contribution in [0.4, 0.5) is 10.5 Å². The average molecular weight is 604 g/mol. The number of non-ortho nitro benzene ring substituents is 1. The SMILES string of the molecule is COc1cc(/C=C2\SC(=O)N(Cc3ccc([N+](=O)[O-])cc3)C2=O)cc(Br)c1OC(=O)c1ccc(Cl)cc1. The average Bonchev–Trinajstić information content (AvgIpc) is 3.13. The highest BCUT2D eigenvalue weighted by atomic mass is 79.9. The Morgan fingerprint density at radius 1 is 1.14 bits per heavy atom. The quantitative estimate of drug-likeness (QED) is 0.0991. The molecular weight excluding hydrogens is 588 g/mol. The topological polar surface area (TPSA) is 116 Å². The number of carbonyl (C=O) groups is 3. The lowest BCUT2D eigenvalue weighted by atomic mass is 10.1. The van der Waals surface area contributed by atoms with Gasteiger partial charge in [-0.2, -0.15) is 0 Å². The van der Waals surface area contributed by atoms with Gasteiger partial charge in [-0.25, -0.2) is 4.79 Å². The largest absolute Gasteiger partial charge is 0.493 e. The number of hydrogen-bond donors (Lipinski definition) is 0. The van der Waals surface area contributed by atoms with Gasteiger partial charge in [-0.1, -0.05) is 23.7 Å². The first-order valence-corrected chi connectivity index (χ1v) is 12.5. The summed E-state index contributed by atoms with van der Waals surface area (Å²) in [7, 11) is 1.41. The summed E-state index contributed by atoms with van der Waals surface area (Å²) in [4.78, 5) is 49.5. The third-order valence-corrected chi connectivity index (χ3v) is 6.93. The molecule has 1 fully saturated rings. The molecule has 188 valence electrons. The van der Waals surface area contributed by atoms with Crippen LogP contribution in [0, 0.1) is 10.1 Å². The molecule has 3 aromatic carbocycles. The molecule has 0 bridgehead atoms. The van der Waals surface area contributed by atoms with Crippen molar-refractivity contribution in [3.63, 3.8) is 0 Å². The van der Waals surface area contributed by atoms with Gasteiger partial charge < -0.3 is 9.47 Å². The van der Waals surface area contributed by atoms with Crippen LogP contribution in [0.25, 0.3) is 6.08 Å². The summed E-state index contributed by atoms with van der Waals surface area (Å²) >= 11 is 10.0. The van der Waals surface area contributed by atoms with Crippen molar-refractivity contribution in [1.82, 2.24) is 4.90 Å². The van der Waals surface area contributed by atoms with E-state index in [1.165, 1.54) is 49.6 Å². The van der Waals surface area contributed by atoms with Gasteiger partial charge in [0.2, 0.25) is 0 Å². The van der Waals surface area contributed by atoms with Gasteiger partial charge >= 0.3 is 5.97 Å². The molecule has 1 saturated heterocycles. The number of carbonyl (C=O) groups excluding carboxylic acids is 3. The lowest BCUT2D eigenvalue weighted by Crippen LogP contribution is -2.27. The van der Waals surface area contributed by atoms with Crippen molar-refractivity contribution in [3.8, 4) is 11.5 Å². The zero-order chi connectivity index (χ0) is 26.7. The first-order chi connectivity index (χ1) is 17.7. The van der Waals surface area contributed by atoms with E-state index >= 15 is 0 Å². The smallest absolute Gasteiger partial charge is 0.343 e. The van der Waals surface area contributed by atoms with Gasteiger partial charge in [0.25, 0.3) is 16.8 Å². The van der Waals surface area contributed by atoms with Crippen molar-refractivity contribution in [2.45, 2.75) is 6.54 Å². The number of thioether (sulfide) groups is 1. The maximum atomic E-state index is 12.9. The maximum Gasteiger partial charge on any atom is 0.343 e. The van der Waals surface area contributed by atoms with Crippen LogP contribution in [0.2, 0.25) is 5.02 Å². The van der Waals surface area contributed by atoms with E-state index in [2.05, 4.69) is 15.9 Å². The lowest BCUT2D eigenvalue weighted by molar-refractivity contribution is -0.384. The normalized spacial score (nSPS) is 14.2. The molecule has 37 heavy (non-hydrogen) atoms. The third kappa shape index (κ3) is 6.01. The molecule has 0 saturated carbocycles. The van der Waals surface area contributed by atoms with Crippen LogP contribution in [-0.4, -0.2) is 34.0 Å². The van der Waals surface area contributed by atoms with Gasteiger partial charge in [0.05, 0.1) is 33.5 Å². The summed E-state index contributed by atoms with van der Waals surface area (Å²) in [6.45, 7) is -0.0212. The summed E-state index contributed by atoms with van der Waals surface area (Å²) in [5.74, 6) is -0.739. The van der Waals surface area contributed by atoms with Gasteiger partial charge in [-0.15, -0.1) is 0 Å². The van der Waals surface area contributed by atoms with Gasteiger partial charge in [0, 0.05) is 17.2 Å². The minimum atomic E-state index is -0.615. The molecule has 4 rings (SSSR count). The first kappa shape index (κ1) is 26.4. The molecular formula is C25H16BrClN2O7S. The van der Waals surface area contributed by atoms with Crippen LogP contribution in [0.1, 0.15) is 21.5 Å². The van der Waals surface area contributed by atoms with Crippen molar-refractivity contribution in [2.24, 2.45) is 0 Å². The number of imide groups is 1. The van der Waals surface area contributed by atoms with Crippen molar-refractivity contribution >= 4 is 68.2 Å². The van der Waals surface area contributed by atoms with E-state index in [1.807, 2.05) is 0 Å². The summed E-state index contributed by atoms with van der Waals surface area (Å²) < 4.78 is 11.3. The zero-order valence-electron chi connectivity index (χ0n) is 19.0. The summed E-state index contributed by atoms with van der Waals surface area (Å²) in [5.41, 5.74) is 1.31. The first-order valence-electron chi connectivity index (χ1n) is 10.5. The van der Waals surface area contributed by atoms with Crippen LogP contribution < -0.4 is 9.47 Å². The number of amides is 2. The molecule has 2 amide bonds. The Morgan fingerprint density at radius 2 is 1.81 bits per heavy atom. The molecule has 0 aromatic heterocycles. The summed E-state index contributed by atoms with van der Waals surface area (Å²) in [6, 6.07) is 15.0. The van der Waals surface area contributed by atoms with Crippen LogP contribution in [0.5, 0.6) is 11.5 Å². The summed E-state index contributed by atoms with van der Waals surface area (Å²) in [6.07, 6.45) is 1.53. The lowest BCUT2D eigenvalue weighted by Gasteiger charge is -2.13. The Morgan fingerprint density at radius 3 is 2.43 bits per heavy atom. The van der Waals surface area contributed by atoms with Crippen molar-refractivity contribution in [3.05, 3.63) is 102 Å². The van der Waals surface area contributed by atoms with Crippen LogP contribution >= 0.6 is 39.3 Å². The number of ether oxygens (including phenoxy) is 2. The monoisotopic (exact) mass is 602 g/mol. The highest BCUT2D eigenvalue weighted by Gasteiger charge is 2.35. The number of benzene rings is 3. The van der Waals surface area contributed by atoms with Crippen LogP contribution in [0.3, 0.4) is 0 Å². The Balaban J connectivity index is 1.53. The molecule has 12 heteroatoms. The summed E-state index contributed by atoms with van der Waals surface area (Å²) in [5, 5.41) is 10.9. The van der Waals surface area contributed by atoms with E-state index in [9.17, 15) is 24.5 Å². The van der Waals surface area contributed by atoms with Gasteiger partial charge in [0.15, 0.2) is 11.5 Å². The molecule has 0 radical (unpaired) electrons. The highest BCUT2D eigenvalue weighted by Crippen LogP contribution is 2.40. The number of nitrogens with zero attached hydrogens (tertiary/aromatic N) is 2. The zero-order valence-corrected chi connectivity index (χ0v) is 22.1. The van der Waals surface area contributed by atoms with Gasteiger partial charge in [0.1, 0.15) is 0 Å². The minimum absolute atomic E-state index is 0.0212. The van der Waals surface area contributed by atoms with E-state index in [-0.39, 0.29) is 28.6 Å². The molecule has 0 unspecified atom stereocenters. The highest BCUT2D eigenvalue weighted by molar-refractivity contribution is 9.10. The number of nitro benzene ring substituents is 1. The predicted octanol–water partition coefficient (Wildman–Crippen LogP) is 6.48. The second-order valence-electron chi connectivity index (χ2n) is 7.62. The number of halogens is 2. The third-order valence-electron chi connectivity index (χ3n) is 5.19.